The fourth-order valence-electron chi connectivity index (χ4n) is 1.94. The Bertz CT molecular complexity index is 533. The second kappa shape index (κ2) is 6.09. The van der Waals surface area contributed by atoms with Gasteiger partial charge in [-0.15, -0.1) is 0 Å². The molecule has 0 radical (unpaired) electrons. The van der Waals surface area contributed by atoms with Gasteiger partial charge >= 0.3 is 5.97 Å². The first kappa shape index (κ1) is 13.2. The van der Waals surface area contributed by atoms with Crippen LogP contribution in [0.2, 0.25) is 0 Å². The van der Waals surface area contributed by atoms with Crippen LogP contribution in [0.1, 0.15) is 30.7 Å². The first-order chi connectivity index (χ1) is 9.16. The molecule has 0 fully saturated rings. The minimum absolute atomic E-state index is 0.0713. The number of carboxylic acid groups (broad SMARTS) is 1. The fraction of sp³-hybridized carbons (Fsp3) is 0.267. The van der Waals surface area contributed by atoms with E-state index in [1.165, 1.54) is 5.56 Å². The van der Waals surface area contributed by atoms with Crippen LogP contribution in [-0.4, -0.2) is 11.1 Å². The standard InChI is InChI=1S/C15H17NO3/c1-11(12-5-3-2-4-6-12)16-13-9-10-19-14(13)7-8-15(17)18/h2-6,9-11,16H,7-8H2,1H3,(H,17,18). The SMILES string of the molecule is CC(Nc1ccoc1CCC(=O)O)c1ccccc1. The molecule has 2 N–H and O–H groups in total. The maximum Gasteiger partial charge on any atom is 0.303 e. The van der Waals surface area contributed by atoms with Crippen LogP contribution in [0.3, 0.4) is 0 Å². The number of aliphatic carboxylic acids is 1. The van der Waals surface area contributed by atoms with Gasteiger partial charge in [-0.3, -0.25) is 4.79 Å². The van der Waals surface area contributed by atoms with E-state index in [2.05, 4.69) is 24.4 Å². The van der Waals surface area contributed by atoms with E-state index in [0.29, 0.717) is 12.2 Å². The number of aryl methyl sites for hydroxylation is 1. The number of hydrogen-bond acceptors (Lipinski definition) is 3. The lowest BCUT2D eigenvalue weighted by atomic mass is 10.1. The molecule has 0 saturated heterocycles. The van der Waals surface area contributed by atoms with Gasteiger partial charge in [0.1, 0.15) is 5.76 Å². The highest BCUT2D eigenvalue weighted by Gasteiger charge is 2.11. The van der Waals surface area contributed by atoms with Crippen LogP contribution in [0, 0.1) is 0 Å². The van der Waals surface area contributed by atoms with Gasteiger partial charge < -0.3 is 14.8 Å². The molecular weight excluding hydrogens is 242 g/mol. The monoisotopic (exact) mass is 259 g/mol. The molecule has 0 aliphatic rings. The number of carboxylic acids is 1. The summed E-state index contributed by atoms with van der Waals surface area (Å²) < 4.78 is 5.33. The van der Waals surface area contributed by atoms with E-state index in [9.17, 15) is 4.79 Å². The first-order valence-corrected chi connectivity index (χ1v) is 6.26. The summed E-state index contributed by atoms with van der Waals surface area (Å²) in [4.78, 5) is 10.6. The summed E-state index contributed by atoms with van der Waals surface area (Å²) in [5.74, 6) is -0.136. The number of furan rings is 1. The Balaban J connectivity index is 2.03. The van der Waals surface area contributed by atoms with E-state index in [0.717, 1.165) is 5.69 Å². The van der Waals surface area contributed by atoms with Crippen LogP contribution in [0.4, 0.5) is 5.69 Å². The summed E-state index contributed by atoms with van der Waals surface area (Å²) in [6.45, 7) is 2.06. The third kappa shape index (κ3) is 3.61. The van der Waals surface area contributed by atoms with Crippen molar-refractivity contribution in [1.82, 2.24) is 0 Å². The molecule has 4 nitrogen and oxygen atoms in total. The van der Waals surface area contributed by atoms with E-state index in [-0.39, 0.29) is 12.5 Å². The lowest BCUT2D eigenvalue weighted by Crippen LogP contribution is -2.07. The van der Waals surface area contributed by atoms with Crippen LogP contribution in [-0.2, 0) is 11.2 Å². The Kier molecular flexibility index (Phi) is 4.23. The number of hydrogen-bond donors (Lipinski definition) is 2. The highest BCUT2D eigenvalue weighted by atomic mass is 16.4. The van der Waals surface area contributed by atoms with Gasteiger partial charge in [0.05, 0.1) is 18.4 Å². The van der Waals surface area contributed by atoms with Gasteiger partial charge in [-0.1, -0.05) is 30.3 Å². The topological polar surface area (TPSA) is 62.5 Å². The van der Waals surface area contributed by atoms with Crippen LogP contribution < -0.4 is 5.32 Å². The number of rotatable bonds is 6. The molecule has 1 unspecified atom stereocenters. The van der Waals surface area contributed by atoms with Gasteiger partial charge in [0.25, 0.3) is 0 Å². The molecule has 0 aliphatic heterocycles. The maximum absolute atomic E-state index is 10.6. The van der Waals surface area contributed by atoms with E-state index < -0.39 is 5.97 Å². The summed E-state index contributed by atoms with van der Waals surface area (Å²) in [5.41, 5.74) is 2.03. The van der Waals surface area contributed by atoms with Crippen molar-refractivity contribution in [2.24, 2.45) is 0 Å². The average molecular weight is 259 g/mol. The van der Waals surface area contributed by atoms with Gasteiger partial charge in [0, 0.05) is 12.5 Å². The summed E-state index contributed by atoms with van der Waals surface area (Å²) >= 11 is 0. The summed E-state index contributed by atoms with van der Waals surface area (Å²) in [7, 11) is 0. The van der Waals surface area contributed by atoms with Crippen molar-refractivity contribution in [2.45, 2.75) is 25.8 Å². The van der Waals surface area contributed by atoms with Crippen molar-refractivity contribution >= 4 is 11.7 Å². The lowest BCUT2D eigenvalue weighted by Gasteiger charge is -2.15. The minimum Gasteiger partial charge on any atom is -0.481 e. The van der Waals surface area contributed by atoms with Gasteiger partial charge in [0.15, 0.2) is 0 Å². The Morgan fingerprint density at radius 1 is 1.32 bits per heavy atom. The van der Waals surface area contributed by atoms with Crippen molar-refractivity contribution in [3.05, 3.63) is 54.0 Å². The smallest absolute Gasteiger partial charge is 0.303 e. The quantitative estimate of drug-likeness (QED) is 0.833. The third-order valence-corrected chi connectivity index (χ3v) is 2.98. The molecule has 0 bridgehead atoms. The molecule has 1 aromatic carbocycles. The second-order valence-electron chi connectivity index (χ2n) is 4.43. The molecule has 1 aromatic heterocycles. The third-order valence-electron chi connectivity index (χ3n) is 2.98. The predicted octanol–water partition coefficient (Wildman–Crippen LogP) is 3.47. The van der Waals surface area contributed by atoms with E-state index in [1.54, 1.807) is 6.26 Å². The van der Waals surface area contributed by atoms with Crippen LogP contribution >= 0.6 is 0 Å². The van der Waals surface area contributed by atoms with Crippen molar-refractivity contribution in [3.63, 3.8) is 0 Å². The normalized spacial score (nSPS) is 12.1. The largest absolute Gasteiger partial charge is 0.481 e. The number of carbonyl (C=O) groups is 1. The predicted molar refractivity (Wildman–Crippen MR) is 73.1 cm³/mol. The molecule has 19 heavy (non-hydrogen) atoms. The van der Waals surface area contributed by atoms with Crippen LogP contribution in [0.5, 0.6) is 0 Å². The molecule has 100 valence electrons. The van der Waals surface area contributed by atoms with Gasteiger partial charge in [-0.05, 0) is 18.6 Å². The van der Waals surface area contributed by atoms with E-state index in [1.807, 2.05) is 24.3 Å². The molecule has 0 spiro atoms. The Hall–Kier alpha value is -2.23. The fourth-order valence-corrected chi connectivity index (χ4v) is 1.94. The molecule has 0 amide bonds. The highest BCUT2D eigenvalue weighted by Crippen LogP contribution is 2.24. The molecule has 2 rings (SSSR count). The Morgan fingerprint density at radius 2 is 2.05 bits per heavy atom. The maximum atomic E-state index is 10.6. The molecule has 2 aromatic rings. The van der Waals surface area contributed by atoms with Gasteiger partial charge in [-0.2, -0.15) is 0 Å². The molecule has 0 saturated carbocycles. The molecule has 1 atom stereocenters. The summed E-state index contributed by atoms with van der Waals surface area (Å²) in [5, 5.41) is 12.0. The Morgan fingerprint density at radius 3 is 2.74 bits per heavy atom. The lowest BCUT2D eigenvalue weighted by molar-refractivity contribution is -0.137. The minimum atomic E-state index is -0.821. The van der Waals surface area contributed by atoms with Crippen LogP contribution in [0.25, 0.3) is 0 Å². The average Bonchev–Trinajstić information content (AvgIpc) is 2.84. The van der Waals surface area contributed by atoms with Gasteiger partial charge in [0.2, 0.25) is 0 Å². The molecule has 4 heteroatoms. The molecular formula is C15H17NO3. The highest BCUT2D eigenvalue weighted by molar-refractivity contribution is 5.67. The van der Waals surface area contributed by atoms with E-state index >= 15 is 0 Å². The summed E-state index contributed by atoms with van der Waals surface area (Å²) in [6.07, 6.45) is 2.05. The van der Waals surface area contributed by atoms with Crippen LogP contribution in [0.15, 0.2) is 47.1 Å². The van der Waals surface area contributed by atoms with Crippen molar-refractivity contribution in [3.8, 4) is 0 Å². The first-order valence-electron chi connectivity index (χ1n) is 6.26. The van der Waals surface area contributed by atoms with Gasteiger partial charge in [-0.25, -0.2) is 0 Å². The van der Waals surface area contributed by atoms with E-state index in [4.69, 9.17) is 9.52 Å². The Labute approximate surface area is 112 Å². The van der Waals surface area contributed by atoms with Crippen molar-refractivity contribution in [2.75, 3.05) is 5.32 Å². The van der Waals surface area contributed by atoms with Crippen molar-refractivity contribution < 1.29 is 14.3 Å². The second-order valence-corrected chi connectivity index (χ2v) is 4.43. The number of nitrogens with one attached hydrogen (secondary N) is 1. The zero-order valence-corrected chi connectivity index (χ0v) is 10.8. The number of benzene rings is 1. The van der Waals surface area contributed by atoms with Crippen molar-refractivity contribution in [1.29, 1.82) is 0 Å². The molecule has 0 aliphatic carbocycles. The number of anilines is 1. The molecule has 1 heterocycles. The summed E-state index contributed by atoms with van der Waals surface area (Å²) in [6, 6.07) is 12.0. The zero-order chi connectivity index (χ0) is 13.7. The zero-order valence-electron chi connectivity index (χ0n) is 10.8.